The SMILES string of the molecule is Cc1nnc2ccc(Oc3cc(CN)ccc3-c3ccccc3)nn12. The van der Waals surface area contributed by atoms with Gasteiger partial charge in [0.1, 0.15) is 5.75 Å². The van der Waals surface area contributed by atoms with Crippen molar-refractivity contribution in [2.45, 2.75) is 13.5 Å². The number of nitrogens with zero attached hydrogens (tertiary/aromatic N) is 4. The summed E-state index contributed by atoms with van der Waals surface area (Å²) in [5.74, 6) is 1.90. The van der Waals surface area contributed by atoms with E-state index in [2.05, 4.69) is 15.3 Å². The van der Waals surface area contributed by atoms with Crippen molar-refractivity contribution in [3.63, 3.8) is 0 Å². The third-order valence-electron chi connectivity index (χ3n) is 3.98. The fourth-order valence-electron chi connectivity index (χ4n) is 2.68. The molecule has 2 N–H and O–H groups in total. The summed E-state index contributed by atoms with van der Waals surface area (Å²) in [5, 5.41) is 12.5. The Labute approximate surface area is 144 Å². The van der Waals surface area contributed by atoms with E-state index in [0.29, 0.717) is 29.6 Å². The third-order valence-corrected chi connectivity index (χ3v) is 3.98. The average Bonchev–Trinajstić information content (AvgIpc) is 3.03. The minimum Gasteiger partial charge on any atom is -0.437 e. The zero-order valence-corrected chi connectivity index (χ0v) is 13.8. The number of aryl methyl sites for hydroxylation is 1. The van der Waals surface area contributed by atoms with Gasteiger partial charge in [-0.3, -0.25) is 0 Å². The second-order valence-corrected chi connectivity index (χ2v) is 5.69. The molecule has 0 aliphatic carbocycles. The molecule has 0 aliphatic heterocycles. The highest BCUT2D eigenvalue weighted by Crippen LogP contribution is 2.33. The summed E-state index contributed by atoms with van der Waals surface area (Å²) in [6.45, 7) is 2.30. The van der Waals surface area contributed by atoms with E-state index >= 15 is 0 Å². The molecule has 0 saturated carbocycles. The zero-order chi connectivity index (χ0) is 17.2. The quantitative estimate of drug-likeness (QED) is 0.620. The van der Waals surface area contributed by atoms with Crippen molar-refractivity contribution in [1.82, 2.24) is 19.8 Å². The van der Waals surface area contributed by atoms with E-state index in [1.165, 1.54) is 0 Å². The second kappa shape index (κ2) is 6.33. The van der Waals surface area contributed by atoms with Gasteiger partial charge >= 0.3 is 0 Å². The fourth-order valence-corrected chi connectivity index (χ4v) is 2.68. The molecule has 2 heterocycles. The summed E-state index contributed by atoms with van der Waals surface area (Å²) in [6.07, 6.45) is 0. The van der Waals surface area contributed by atoms with Crippen LogP contribution in [-0.2, 0) is 6.54 Å². The van der Waals surface area contributed by atoms with Gasteiger partial charge < -0.3 is 10.5 Å². The van der Waals surface area contributed by atoms with Crippen LogP contribution in [0.1, 0.15) is 11.4 Å². The van der Waals surface area contributed by atoms with Crippen molar-refractivity contribution >= 4 is 5.65 Å². The third kappa shape index (κ3) is 2.95. The van der Waals surface area contributed by atoms with E-state index < -0.39 is 0 Å². The lowest BCUT2D eigenvalue weighted by Crippen LogP contribution is -2.00. The fraction of sp³-hybridized carbons (Fsp3) is 0.105. The Bertz CT molecular complexity index is 1030. The normalized spacial score (nSPS) is 11.0. The Hall–Kier alpha value is -3.25. The van der Waals surface area contributed by atoms with Gasteiger partial charge in [-0.2, -0.15) is 4.52 Å². The summed E-state index contributed by atoms with van der Waals surface area (Å²) in [7, 11) is 0. The summed E-state index contributed by atoms with van der Waals surface area (Å²) >= 11 is 0. The van der Waals surface area contributed by atoms with Crippen molar-refractivity contribution in [1.29, 1.82) is 0 Å². The lowest BCUT2D eigenvalue weighted by atomic mass is 10.0. The Morgan fingerprint density at radius 2 is 1.84 bits per heavy atom. The van der Waals surface area contributed by atoms with Crippen LogP contribution >= 0.6 is 0 Å². The predicted octanol–water partition coefficient (Wildman–Crippen LogP) is 3.35. The van der Waals surface area contributed by atoms with E-state index in [0.717, 1.165) is 16.7 Å². The average molecular weight is 331 g/mol. The number of aromatic nitrogens is 4. The van der Waals surface area contributed by atoms with E-state index in [1.807, 2.05) is 61.5 Å². The Morgan fingerprint density at radius 1 is 1.00 bits per heavy atom. The smallest absolute Gasteiger partial charge is 0.237 e. The van der Waals surface area contributed by atoms with Gasteiger partial charge in [0.05, 0.1) is 0 Å². The maximum Gasteiger partial charge on any atom is 0.237 e. The molecule has 2 aromatic carbocycles. The van der Waals surface area contributed by atoms with Crippen molar-refractivity contribution in [2.24, 2.45) is 5.73 Å². The van der Waals surface area contributed by atoms with Crippen LogP contribution in [0.5, 0.6) is 11.6 Å². The largest absolute Gasteiger partial charge is 0.437 e. The maximum absolute atomic E-state index is 6.10. The molecule has 2 aromatic heterocycles. The van der Waals surface area contributed by atoms with E-state index in [9.17, 15) is 0 Å². The van der Waals surface area contributed by atoms with Crippen LogP contribution in [-0.4, -0.2) is 19.8 Å². The summed E-state index contributed by atoms with van der Waals surface area (Å²) < 4.78 is 7.75. The predicted molar refractivity (Wildman–Crippen MR) is 95.4 cm³/mol. The van der Waals surface area contributed by atoms with E-state index in [-0.39, 0.29) is 0 Å². The molecule has 6 heteroatoms. The first kappa shape index (κ1) is 15.3. The highest BCUT2D eigenvalue weighted by atomic mass is 16.5. The molecule has 0 aliphatic rings. The molecule has 25 heavy (non-hydrogen) atoms. The van der Waals surface area contributed by atoms with Crippen LogP contribution in [0.15, 0.2) is 60.7 Å². The van der Waals surface area contributed by atoms with Gasteiger partial charge in [0.2, 0.25) is 5.88 Å². The molecular formula is C19H17N5O. The second-order valence-electron chi connectivity index (χ2n) is 5.69. The Kier molecular flexibility index (Phi) is 3.87. The van der Waals surface area contributed by atoms with Crippen molar-refractivity contribution in [2.75, 3.05) is 0 Å². The first-order valence-corrected chi connectivity index (χ1v) is 8.00. The van der Waals surface area contributed by atoms with Gasteiger partial charge in [0.25, 0.3) is 0 Å². The highest BCUT2D eigenvalue weighted by molar-refractivity contribution is 5.71. The van der Waals surface area contributed by atoms with Gasteiger partial charge in [-0.1, -0.05) is 42.5 Å². The molecule has 6 nitrogen and oxygen atoms in total. The topological polar surface area (TPSA) is 78.3 Å². The molecule has 0 amide bonds. The van der Waals surface area contributed by atoms with Gasteiger partial charge in [-0.25, -0.2) is 0 Å². The molecule has 4 rings (SSSR count). The van der Waals surface area contributed by atoms with Crippen LogP contribution in [0, 0.1) is 6.92 Å². The maximum atomic E-state index is 6.10. The van der Waals surface area contributed by atoms with Gasteiger partial charge in [0, 0.05) is 18.2 Å². The number of rotatable bonds is 4. The number of hydrogen-bond donors (Lipinski definition) is 1. The Morgan fingerprint density at radius 3 is 2.64 bits per heavy atom. The molecule has 0 bridgehead atoms. The van der Waals surface area contributed by atoms with Gasteiger partial charge in [-0.15, -0.1) is 15.3 Å². The summed E-state index contributed by atoms with van der Waals surface area (Å²) in [5.41, 5.74) is 9.53. The van der Waals surface area contributed by atoms with Crippen molar-refractivity contribution in [3.05, 3.63) is 72.1 Å². The van der Waals surface area contributed by atoms with Crippen LogP contribution in [0.25, 0.3) is 16.8 Å². The summed E-state index contributed by atoms with van der Waals surface area (Å²) in [6, 6.07) is 19.7. The van der Waals surface area contributed by atoms with Crippen molar-refractivity contribution < 1.29 is 4.74 Å². The molecule has 0 atom stereocenters. The van der Waals surface area contributed by atoms with Crippen LogP contribution in [0.3, 0.4) is 0 Å². The molecule has 0 unspecified atom stereocenters. The van der Waals surface area contributed by atoms with Crippen molar-refractivity contribution in [3.8, 4) is 22.8 Å². The Balaban J connectivity index is 1.78. The van der Waals surface area contributed by atoms with Crippen LogP contribution < -0.4 is 10.5 Å². The first-order chi connectivity index (χ1) is 12.2. The van der Waals surface area contributed by atoms with Crippen LogP contribution in [0.2, 0.25) is 0 Å². The lowest BCUT2D eigenvalue weighted by molar-refractivity contribution is 0.452. The summed E-state index contributed by atoms with van der Waals surface area (Å²) in [4.78, 5) is 0. The first-order valence-electron chi connectivity index (χ1n) is 8.00. The van der Waals surface area contributed by atoms with E-state index in [1.54, 1.807) is 10.6 Å². The minimum absolute atomic E-state index is 0.447. The number of ether oxygens (including phenoxy) is 1. The number of hydrogen-bond acceptors (Lipinski definition) is 5. The molecule has 0 radical (unpaired) electrons. The highest BCUT2D eigenvalue weighted by Gasteiger charge is 2.11. The molecular weight excluding hydrogens is 314 g/mol. The molecule has 4 aromatic rings. The van der Waals surface area contributed by atoms with Crippen LogP contribution in [0.4, 0.5) is 0 Å². The monoisotopic (exact) mass is 331 g/mol. The zero-order valence-electron chi connectivity index (χ0n) is 13.8. The molecule has 0 spiro atoms. The molecule has 124 valence electrons. The standard InChI is InChI=1S/C19H17N5O/c1-13-21-22-18-9-10-19(23-24(13)18)25-17-11-14(12-20)7-8-16(17)15-5-3-2-4-6-15/h2-11H,12,20H2,1H3. The van der Waals surface area contributed by atoms with Gasteiger partial charge in [-0.05, 0) is 30.2 Å². The van der Waals surface area contributed by atoms with Gasteiger partial charge in [0.15, 0.2) is 11.5 Å². The number of benzene rings is 2. The lowest BCUT2D eigenvalue weighted by Gasteiger charge is -2.12. The molecule has 0 fully saturated rings. The van der Waals surface area contributed by atoms with E-state index in [4.69, 9.17) is 10.5 Å². The number of fused-ring (bicyclic) bond motifs is 1. The number of nitrogens with two attached hydrogens (primary N) is 1. The minimum atomic E-state index is 0.447. The molecule has 0 saturated heterocycles.